The fourth-order valence-electron chi connectivity index (χ4n) is 1.58. The fourth-order valence-corrected chi connectivity index (χ4v) is 2.00. The molecule has 0 spiro atoms. The van der Waals surface area contributed by atoms with E-state index in [1.54, 1.807) is 0 Å². The zero-order valence-electron chi connectivity index (χ0n) is 8.69. The number of hydrogen-bond donors (Lipinski definition) is 0. The Morgan fingerprint density at radius 1 is 1.00 bits per heavy atom. The summed E-state index contributed by atoms with van der Waals surface area (Å²) in [7, 11) is 0. The summed E-state index contributed by atoms with van der Waals surface area (Å²) in [6.07, 6.45) is 1.74. The number of carbonyl (C=O) groups excluding carboxylic acids is 1. The molecule has 0 bridgehead atoms. The third kappa shape index (κ3) is 2.58. The van der Waals surface area contributed by atoms with Crippen LogP contribution in [0, 0.1) is 0 Å². The van der Waals surface area contributed by atoms with Crippen molar-refractivity contribution in [3.63, 3.8) is 0 Å². The molecule has 16 heavy (non-hydrogen) atoms. The van der Waals surface area contributed by atoms with Crippen molar-refractivity contribution >= 4 is 22.2 Å². The van der Waals surface area contributed by atoms with E-state index in [2.05, 4.69) is 22.0 Å². The van der Waals surface area contributed by atoms with Gasteiger partial charge in [0.2, 0.25) is 0 Å². The largest absolute Gasteiger partial charge is 0.298 e. The molecule has 2 aromatic carbocycles. The lowest BCUT2D eigenvalue weighted by Crippen LogP contribution is -1.90. The lowest BCUT2D eigenvalue weighted by molar-refractivity contribution is 0.112. The monoisotopic (exact) mass is 274 g/mol. The minimum absolute atomic E-state index is 0.718. The van der Waals surface area contributed by atoms with Crippen LogP contribution in [0.2, 0.25) is 0 Å². The van der Waals surface area contributed by atoms with Gasteiger partial charge in [0.25, 0.3) is 0 Å². The molecule has 0 aromatic heterocycles. The second kappa shape index (κ2) is 5.08. The molecule has 1 nitrogen and oxygen atoms in total. The Morgan fingerprint density at radius 3 is 2.31 bits per heavy atom. The van der Waals surface area contributed by atoms with Gasteiger partial charge in [-0.25, -0.2) is 0 Å². The van der Waals surface area contributed by atoms with Crippen molar-refractivity contribution < 1.29 is 4.79 Å². The van der Waals surface area contributed by atoms with Crippen molar-refractivity contribution in [3.05, 3.63) is 69.7 Å². The first-order valence-corrected chi connectivity index (χ1v) is 5.86. The van der Waals surface area contributed by atoms with E-state index in [9.17, 15) is 4.79 Å². The molecule has 0 saturated heterocycles. The molecule has 0 aliphatic carbocycles. The predicted octanol–water partition coefficient (Wildman–Crippen LogP) is 3.85. The van der Waals surface area contributed by atoms with Gasteiger partial charge in [-0.3, -0.25) is 4.79 Å². The third-order valence-electron chi connectivity index (χ3n) is 2.47. The van der Waals surface area contributed by atoms with E-state index in [-0.39, 0.29) is 0 Å². The maximum atomic E-state index is 10.5. The lowest BCUT2D eigenvalue weighted by Gasteiger charge is -2.04. The number of aldehydes is 1. The van der Waals surface area contributed by atoms with E-state index in [4.69, 9.17) is 0 Å². The van der Waals surface area contributed by atoms with E-state index in [1.165, 1.54) is 11.1 Å². The minimum Gasteiger partial charge on any atom is -0.298 e. The van der Waals surface area contributed by atoms with Gasteiger partial charge in [0, 0.05) is 10.0 Å². The Bertz CT molecular complexity index is 488. The van der Waals surface area contributed by atoms with Gasteiger partial charge in [-0.2, -0.15) is 0 Å². The number of carbonyl (C=O) groups is 1. The van der Waals surface area contributed by atoms with E-state index in [1.807, 2.05) is 42.5 Å². The number of halogens is 1. The number of rotatable bonds is 3. The van der Waals surface area contributed by atoms with E-state index in [0.29, 0.717) is 0 Å². The van der Waals surface area contributed by atoms with E-state index in [0.717, 1.165) is 22.7 Å². The van der Waals surface area contributed by atoms with E-state index >= 15 is 0 Å². The Labute approximate surface area is 103 Å². The highest BCUT2D eigenvalue weighted by atomic mass is 79.9. The van der Waals surface area contributed by atoms with Crippen molar-refractivity contribution in [2.75, 3.05) is 0 Å². The molecular weight excluding hydrogens is 264 g/mol. The zero-order chi connectivity index (χ0) is 11.4. The Hall–Kier alpha value is -1.41. The average Bonchev–Trinajstić information content (AvgIpc) is 2.33. The van der Waals surface area contributed by atoms with Crippen LogP contribution in [0.25, 0.3) is 0 Å². The molecule has 0 saturated carbocycles. The Morgan fingerprint density at radius 2 is 1.69 bits per heavy atom. The molecule has 80 valence electrons. The van der Waals surface area contributed by atoms with Crippen LogP contribution in [0.1, 0.15) is 21.5 Å². The second-order valence-corrected chi connectivity index (χ2v) is 4.48. The van der Waals surface area contributed by atoms with Crippen LogP contribution in [0.5, 0.6) is 0 Å². The third-order valence-corrected chi connectivity index (χ3v) is 3.24. The maximum absolute atomic E-state index is 10.5. The van der Waals surface area contributed by atoms with Gasteiger partial charge >= 0.3 is 0 Å². The first kappa shape index (κ1) is 11.1. The highest BCUT2D eigenvalue weighted by Crippen LogP contribution is 2.19. The van der Waals surface area contributed by atoms with Crippen LogP contribution in [0.15, 0.2) is 53.0 Å². The second-order valence-electron chi connectivity index (χ2n) is 3.63. The van der Waals surface area contributed by atoms with Gasteiger partial charge in [0.15, 0.2) is 0 Å². The molecule has 0 N–H and O–H groups in total. The molecule has 0 atom stereocenters. The summed E-state index contributed by atoms with van der Waals surface area (Å²) in [6.45, 7) is 0. The summed E-state index contributed by atoms with van der Waals surface area (Å²) < 4.78 is 1.12. The van der Waals surface area contributed by atoms with Gasteiger partial charge < -0.3 is 0 Å². The summed E-state index contributed by atoms with van der Waals surface area (Å²) in [5.41, 5.74) is 3.18. The Kier molecular flexibility index (Phi) is 3.52. The van der Waals surface area contributed by atoms with Gasteiger partial charge in [-0.05, 0) is 23.6 Å². The van der Waals surface area contributed by atoms with Crippen LogP contribution in [-0.4, -0.2) is 6.29 Å². The SMILES string of the molecule is O=Cc1ccc(Cc2ccccc2Br)cc1. The molecule has 0 amide bonds. The first-order valence-electron chi connectivity index (χ1n) is 5.07. The predicted molar refractivity (Wildman–Crippen MR) is 68.8 cm³/mol. The van der Waals surface area contributed by atoms with Gasteiger partial charge in [0.05, 0.1) is 0 Å². The maximum Gasteiger partial charge on any atom is 0.150 e. The summed E-state index contributed by atoms with van der Waals surface area (Å²) in [5.74, 6) is 0. The van der Waals surface area contributed by atoms with Crippen LogP contribution < -0.4 is 0 Å². The molecule has 0 aliphatic heterocycles. The van der Waals surface area contributed by atoms with Gasteiger partial charge in [-0.15, -0.1) is 0 Å². The van der Waals surface area contributed by atoms with Gasteiger partial charge in [0.1, 0.15) is 6.29 Å². The highest BCUT2D eigenvalue weighted by molar-refractivity contribution is 9.10. The molecule has 0 fully saturated rings. The fraction of sp³-hybridized carbons (Fsp3) is 0.0714. The van der Waals surface area contributed by atoms with Crippen molar-refractivity contribution in [3.8, 4) is 0 Å². The van der Waals surface area contributed by atoms with Crippen molar-refractivity contribution in [2.45, 2.75) is 6.42 Å². The van der Waals surface area contributed by atoms with Crippen molar-refractivity contribution in [1.29, 1.82) is 0 Å². The zero-order valence-corrected chi connectivity index (χ0v) is 10.3. The highest BCUT2D eigenvalue weighted by Gasteiger charge is 2.00. The Balaban J connectivity index is 2.21. The van der Waals surface area contributed by atoms with Crippen LogP contribution in [-0.2, 0) is 6.42 Å². The smallest absolute Gasteiger partial charge is 0.150 e. The van der Waals surface area contributed by atoms with Gasteiger partial charge in [-0.1, -0.05) is 58.4 Å². The lowest BCUT2D eigenvalue weighted by atomic mass is 10.0. The molecular formula is C14H11BrO. The van der Waals surface area contributed by atoms with Crippen molar-refractivity contribution in [1.82, 2.24) is 0 Å². The molecule has 2 heteroatoms. The number of benzene rings is 2. The topological polar surface area (TPSA) is 17.1 Å². The van der Waals surface area contributed by atoms with Crippen LogP contribution in [0.4, 0.5) is 0 Å². The molecule has 0 aliphatic rings. The molecule has 0 radical (unpaired) electrons. The molecule has 2 aromatic rings. The first-order chi connectivity index (χ1) is 7.79. The quantitative estimate of drug-likeness (QED) is 0.777. The molecule has 0 unspecified atom stereocenters. The average molecular weight is 275 g/mol. The number of hydrogen-bond acceptors (Lipinski definition) is 1. The molecule has 0 heterocycles. The summed E-state index contributed by atoms with van der Waals surface area (Å²) in [6, 6.07) is 15.8. The molecule has 2 rings (SSSR count). The summed E-state index contributed by atoms with van der Waals surface area (Å²) in [5, 5.41) is 0. The normalized spacial score (nSPS) is 10.1. The van der Waals surface area contributed by atoms with Crippen molar-refractivity contribution in [2.24, 2.45) is 0 Å². The standard InChI is InChI=1S/C14H11BrO/c15-14-4-2-1-3-13(14)9-11-5-7-12(10-16)8-6-11/h1-8,10H,9H2. The van der Waals surface area contributed by atoms with Crippen LogP contribution >= 0.6 is 15.9 Å². The summed E-state index contributed by atoms with van der Waals surface area (Å²) in [4.78, 5) is 10.5. The summed E-state index contributed by atoms with van der Waals surface area (Å²) >= 11 is 3.53. The van der Waals surface area contributed by atoms with E-state index < -0.39 is 0 Å². The van der Waals surface area contributed by atoms with Crippen LogP contribution in [0.3, 0.4) is 0 Å². The minimum atomic E-state index is 0.718.